The Morgan fingerprint density at radius 1 is 1.15 bits per heavy atom. The van der Waals surface area contributed by atoms with Gasteiger partial charge in [0.05, 0.1) is 6.61 Å². The van der Waals surface area contributed by atoms with Crippen molar-refractivity contribution in [1.29, 1.82) is 0 Å². The van der Waals surface area contributed by atoms with Gasteiger partial charge in [-0.15, -0.1) is 0 Å². The van der Waals surface area contributed by atoms with Gasteiger partial charge in [-0.05, 0) is 51.9 Å². The molecule has 27 heavy (non-hydrogen) atoms. The van der Waals surface area contributed by atoms with Crippen LogP contribution in [0.3, 0.4) is 0 Å². The first-order valence-electron chi connectivity index (χ1n) is 11.0. The highest BCUT2D eigenvalue weighted by Gasteiger charge is 2.47. The van der Waals surface area contributed by atoms with Gasteiger partial charge >= 0.3 is 6.09 Å². The smallest absolute Gasteiger partial charge is 0.409 e. The lowest BCUT2D eigenvalue weighted by atomic mass is 9.84. The number of carbonyl (C=O) groups is 2. The summed E-state index contributed by atoms with van der Waals surface area (Å²) < 4.78 is 5.18. The van der Waals surface area contributed by atoms with E-state index in [0.717, 1.165) is 51.9 Å². The number of hydrogen-bond donors (Lipinski definition) is 0. The molecule has 1 saturated carbocycles. The van der Waals surface area contributed by atoms with Crippen molar-refractivity contribution < 1.29 is 14.3 Å². The van der Waals surface area contributed by atoms with Crippen LogP contribution in [0.25, 0.3) is 0 Å². The maximum Gasteiger partial charge on any atom is 0.409 e. The Morgan fingerprint density at radius 3 is 2.63 bits per heavy atom. The van der Waals surface area contributed by atoms with Gasteiger partial charge in [0.2, 0.25) is 5.91 Å². The minimum Gasteiger partial charge on any atom is -0.450 e. The topological polar surface area (TPSA) is 53.1 Å². The van der Waals surface area contributed by atoms with Crippen molar-refractivity contribution in [1.82, 2.24) is 14.7 Å². The van der Waals surface area contributed by atoms with E-state index in [-0.39, 0.29) is 11.6 Å². The Balaban J connectivity index is 1.34. The van der Waals surface area contributed by atoms with Gasteiger partial charge in [-0.1, -0.05) is 12.8 Å². The first-order chi connectivity index (χ1) is 13.0. The molecule has 152 valence electrons. The predicted molar refractivity (Wildman–Crippen MR) is 103 cm³/mol. The summed E-state index contributed by atoms with van der Waals surface area (Å²) in [4.78, 5) is 31.4. The molecule has 4 aliphatic rings. The monoisotopic (exact) mass is 377 g/mol. The number of piperidine rings is 1. The third kappa shape index (κ3) is 3.57. The van der Waals surface area contributed by atoms with E-state index in [1.54, 1.807) is 0 Å². The molecule has 6 nitrogen and oxygen atoms in total. The molecule has 0 bridgehead atoms. The zero-order valence-electron chi connectivity index (χ0n) is 17.0. The third-order valence-corrected chi connectivity index (χ3v) is 7.55. The van der Waals surface area contributed by atoms with E-state index < -0.39 is 0 Å². The van der Waals surface area contributed by atoms with Crippen LogP contribution in [-0.4, -0.2) is 77.1 Å². The van der Waals surface area contributed by atoms with Gasteiger partial charge < -0.3 is 14.5 Å². The van der Waals surface area contributed by atoms with E-state index in [1.165, 1.54) is 25.7 Å². The van der Waals surface area contributed by atoms with Crippen LogP contribution in [0.4, 0.5) is 4.79 Å². The van der Waals surface area contributed by atoms with Crippen molar-refractivity contribution >= 4 is 12.0 Å². The molecule has 3 saturated heterocycles. The lowest BCUT2D eigenvalue weighted by Gasteiger charge is -2.46. The summed E-state index contributed by atoms with van der Waals surface area (Å²) in [7, 11) is 0. The van der Waals surface area contributed by atoms with Crippen molar-refractivity contribution in [2.75, 3.05) is 32.8 Å². The van der Waals surface area contributed by atoms with Crippen LogP contribution < -0.4 is 0 Å². The van der Waals surface area contributed by atoms with Crippen LogP contribution in [0, 0.1) is 5.92 Å². The highest BCUT2D eigenvalue weighted by Crippen LogP contribution is 2.40. The van der Waals surface area contributed by atoms with Crippen LogP contribution in [0.5, 0.6) is 0 Å². The number of hydrogen-bond acceptors (Lipinski definition) is 4. The van der Waals surface area contributed by atoms with Gasteiger partial charge in [0.15, 0.2) is 0 Å². The van der Waals surface area contributed by atoms with Crippen molar-refractivity contribution in [2.45, 2.75) is 82.8 Å². The fourth-order valence-corrected chi connectivity index (χ4v) is 6.04. The maximum atomic E-state index is 12.7. The van der Waals surface area contributed by atoms with Crippen LogP contribution >= 0.6 is 0 Å². The van der Waals surface area contributed by atoms with E-state index >= 15 is 0 Å². The first-order valence-corrected chi connectivity index (χ1v) is 11.0. The Labute approximate surface area is 163 Å². The molecule has 3 aliphatic heterocycles. The van der Waals surface area contributed by atoms with Gasteiger partial charge in [-0.2, -0.15) is 0 Å². The predicted octanol–water partition coefficient (Wildman–Crippen LogP) is 2.86. The zero-order chi connectivity index (χ0) is 19.0. The standard InChI is InChI=1S/C21H35N3O3/c1-3-27-20(26)22-13-10-21(2,15-22)23-11-8-17(9-12-23)24-18-7-5-4-6-16(18)14-19(24)25/h16-18H,3-15H2,1-2H3/t16-,18?,21?/m1/s1. The summed E-state index contributed by atoms with van der Waals surface area (Å²) in [5.41, 5.74) is 0.0418. The van der Waals surface area contributed by atoms with Crippen LogP contribution in [-0.2, 0) is 9.53 Å². The second kappa shape index (κ2) is 7.61. The van der Waals surface area contributed by atoms with E-state index in [0.29, 0.717) is 30.5 Å². The molecule has 0 aromatic heterocycles. The number of amides is 2. The summed E-state index contributed by atoms with van der Waals surface area (Å²) in [6, 6.07) is 0.942. The average molecular weight is 378 g/mol. The van der Waals surface area contributed by atoms with Crippen LogP contribution in [0.1, 0.15) is 65.2 Å². The molecular formula is C21H35N3O3. The number of ether oxygens (including phenoxy) is 1. The van der Waals surface area contributed by atoms with Gasteiger partial charge in [0, 0.05) is 50.2 Å². The Kier molecular flexibility index (Phi) is 5.36. The molecule has 1 aliphatic carbocycles. The fourth-order valence-electron chi connectivity index (χ4n) is 6.04. The SMILES string of the molecule is CCOC(=O)N1CCC(C)(N2CCC(N3C(=O)C[C@H]4CCCCC43)CC2)C1. The van der Waals surface area contributed by atoms with Gasteiger partial charge in [-0.3, -0.25) is 9.69 Å². The summed E-state index contributed by atoms with van der Waals surface area (Å²) in [6.07, 6.45) is 8.80. The van der Waals surface area contributed by atoms with E-state index in [9.17, 15) is 9.59 Å². The molecular weight excluding hydrogens is 342 g/mol. The minimum absolute atomic E-state index is 0.0418. The van der Waals surface area contributed by atoms with Gasteiger partial charge in [0.25, 0.3) is 0 Å². The zero-order valence-corrected chi connectivity index (χ0v) is 17.0. The average Bonchev–Trinajstić information content (AvgIpc) is 3.23. The molecule has 2 unspecified atom stereocenters. The van der Waals surface area contributed by atoms with Crippen molar-refractivity contribution in [3.8, 4) is 0 Å². The summed E-state index contributed by atoms with van der Waals surface area (Å²) >= 11 is 0. The molecule has 4 fully saturated rings. The van der Waals surface area contributed by atoms with Gasteiger partial charge in [0.1, 0.15) is 0 Å². The summed E-state index contributed by atoms with van der Waals surface area (Å²) in [5, 5.41) is 0. The third-order valence-electron chi connectivity index (χ3n) is 7.55. The largest absolute Gasteiger partial charge is 0.450 e. The normalized spacial score (nSPS) is 35.6. The molecule has 4 rings (SSSR count). The van der Waals surface area contributed by atoms with Crippen LogP contribution in [0.15, 0.2) is 0 Å². The Hall–Kier alpha value is -1.30. The number of rotatable bonds is 3. The molecule has 3 heterocycles. The molecule has 0 aromatic rings. The fraction of sp³-hybridized carbons (Fsp3) is 0.905. The Morgan fingerprint density at radius 2 is 1.89 bits per heavy atom. The maximum absolute atomic E-state index is 12.7. The molecule has 0 aromatic carbocycles. The van der Waals surface area contributed by atoms with Crippen molar-refractivity contribution in [2.24, 2.45) is 5.92 Å². The summed E-state index contributed by atoms with van der Waals surface area (Å²) in [5.74, 6) is 1.03. The molecule has 2 amide bonds. The molecule has 6 heteroatoms. The second-order valence-corrected chi connectivity index (χ2v) is 9.20. The minimum atomic E-state index is -0.179. The Bertz CT molecular complexity index is 575. The lowest BCUT2D eigenvalue weighted by molar-refractivity contribution is -0.132. The van der Waals surface area contributed by atoms with Gasteiger partial charge in [-0.25, -0.2) is 4.79 Å². The molecule has 0 radical (unpaired) electrons. The first kappa shape index (κ1) is 19.0. The molecule has 0 N–H and O–H groups in total. The van der Waals surface area contributed by atoms with Crippen molar-refractivity contribution in [3.05, 3.63) is 0 Å². The number of fused-ring (bicyclic) bond motifs is 1. The second-order valence-electron chi connectivity index (χ2n) is 9.20. The summed E-state index contributed by atoms with van der Waals surface area (Å²) in [6.45, 7) is 8.16. The van der Waals surface area contributed by atoms with E-state index in [2.05, 4.69) is 16.7 Å². The van der Waals surface area contributed by atoms with E-state index in [4.69, 9.17) is 4.74 Å². The molecule has 3 atom stereocenters. The number of likely N-dealkylation sites (tertiary alicyclic amines) is 3. The highest BCUT2D eigenvalue weighted by atomic mass is 16.6. The lowest BCUT2D eigenvalue weighted by Crippen LogP contribution is -2.56. The number of nitrogens with zero attached hydrogens (tertiary/aromatic N) is 3. The highest BCUT2D eigenvalue weighted by molar-refractivity contribution is 5.79. The quantitative estimate of drug-likeness (QED) is 0.759. The number of carbonyl (C=O) groups excluding carboxylic acids is 2. The molecule has 0 spiro atoms. The van der Waals surface area contributed by atoms with Crippen molar-refractivity contribution in [3.63, 3.8) is 0 Å². The van der Waals surface area contributed by atoms with E-state index in [1.807, 2.05) is 11.8 Å². The van der Waals surface area contributed by atoms with Crippen LogP contribution in [0.2, 0.25) is 0 Å².